The van der Waals surface area contributed by atoms with E-state index in [1.165, 1.54) is 18.2 Å². The molecule has 0 aromatic heterocycles. The Morgan fingerprint density at radius 3 is 2.16 bits per heavy atom. The second kappa shape index (κ2) is 7.93. The number of anilines is 1. The van der Waals surface area contributed by atoms with Crippen molar-refractivity contribution in [3.8, 4) is 5.75 Å². The number of hydrogen-bond donors (Lipinski definition) is 2. The van der Waals surface area contributed by atoms with Crippen molar-refractivity contribution >= 4 is 29.2 Å². The number of imide groups is 1. The predicted octanol–water partition coefficient (Wildman–Crippen LogP) is 4.34. The van der Waals surface area contributed by atoms with E-state index in [0.717, 1.165) is 24.3 Å². The summed E-state index contributed by atoms with van der Waals surface area (Å²) in [7, 11) is 0. The standard InChI is InChI=1S/C18H12ClF6N3O3/c19-13-4-2-1-3-10(13)9-26-16(17(20,21)22)14(29)28(15(30)27-16)11-5-7-12(8-6-11)31-18(23,24)25/h1-8,26H,9H2,(H,27,30)/t16-/m0/s1. The van der Waals surface area contributed by atoms with Crippen molar-refractivity contribution < 1.29 is 40.7 Å². The molecule has 166 valence electrons. The third-order valence-electron chi connectivity index (χ3n) is 4.28. The minimum Gasteiger partial charge on any atom is -0.406 e. The number of urea groups is 1. The molecule has 2 aromatic rings. The van der Waals surface area contributed by atoms with Crippen molar-refractivity contribution in [1.29, 1.82) is 0 Å². The molecule has 3 rings (SSSR count). The van der Waals surface area contributed by atoms with Gasteiger partial charge < -0.3 is 10.1 Å². The number of alkyl halides is 6. The van der Waals surface area contributed by atoms with Crippen LogP contribution in [0.25, 0.3) is 0 Å². The number of hydrogen-bond acceptors (Lipinski definition) is 4. The summed E-state index contributed by atoms with van der Waals surface area (Å²) in [5.74, 6) is -2.39. The Labute approximate surface area is 175 Å². The number of nitrogens with zero attached hydrogens (tertiary/aromatic N) is 1. The van der Waals surface area contributed by atoms with Crippen LogP contribution in [0.1, 0.15) is 5.56 Å². The summed E-state index contributed by atoms with van der Waals surface area (Å²) in [6, 6.07) is 7.73. The van der Waals surface area contributed by atoms with Gasteiger partial charge in [-0.1, -0.05) is 29.8 Å². The zero-order valence-corrected chi connectivity index (χ0v) is 15.9. The number of ether oxygens (including phenoxy) is 1. The molecule has 1 aliphatic rings. The summed E-state index contributed by atoms with van der Waals surface area (Å²) >= 11 is 5.92. The maximum absolute atomic E-state index is 13.9. The molecule has 13 heteroatoms. The van der Waals surface area contributed by atoms with Crippen molar-refractivity contribution in [3.05, 3.63) is 59.1 Å². The Morgan fingerprint density at radius 2 is 1.61 bits per heavy atom. The van der Waals surface area contributed by atoms with Crippen LogP contribution in [0.2, 0.25) is 5.02 Å². The minimum absolute atomic E-state index is 0.140. The summed E-state index contributed by atoms with van der Waals surface area (Å²) in [4.78, 5) is 25.1. The molecule has 31 heavy (non-hydrogen) atoms. The first kappa shape index (κ1) is 22.7. The van der Waals surface area contributed by atoms with Crippen molar-refractivity contribution in [3.63, 3.8) is 0 Å². The fourth-order valence-electron chi connectivity index (χ4n) is 2.84. The molecule has 0 saturated carbocycles. The van der Waals surface area contributed by atoms with Crippen LogP contribution in [0.15, 0.2) is 48.5 Å². The van der Waals surface area contributed by atoms with E-state index in [0.29, 0.717) is 0 Å². The molecular formula is C18H12ClF6N3O3. The maximum Gasteiger partial charge on any atom is 0.573 e. The van der Waals surface area contributed by atoms with Crippen LogP contribution in [0.3, 0.4) is 0 Å². The second-order valence-corrected chi connectivity index (χ2v) is 6.71. The number of benzene rings is 2. The highest BCUT2D eigenvalue weighted by molar-refractivity contribution is 6.31. The van der Waals surface area contributed by atoms with Gasteiger partial charge >= 0.3 is 18.6 Å². The first-order chi connectivity index (χ1) is 14.3. The molecule has 0 bridgehead atoms. The fourth-order valence-corrected chi connectivity index (χ4v) is 3.05. The van der Waals surface area contributed by atoms with E-state index in [2.05, 4.69) is 4.74 Å². The Kier molecular flexibility index (Phi) is 5.80. The molecule has 0 unspecified atom stereocenters. The van der Waals surface area contributed by atoms with E-state index in [9.17, 15) is 35.9 Å². The van der Waals surface area contributed by atoms with Gasteiger partial charge in [-0.15, -0.1) is 13.2 Å². The van der Waals surface area contributed by atoms with E-state index in [-0.39, 0.29) is 21.2 Å². The Balaban J connectivity index is 1.89. The molecule has 1 fully saturated rings. The average Bonchev–Trinajstić information content (AvgIpc) is 2.91. The molecule has 1 heterocycles. The number of carbonyl (C=O) groups excluding carboxylic acids is 2. The first-order valence-electron chi connectivity index (χ1n) is 8.42. The summed E-state index contributed by atoms with van der Waals surface area (Å²) in [6.45, 7) is -0.516. The molecule has 2 aromatic carbocycles. The lowest BCUT2D eigenvalue weighted by Gasteiger charge is -2.30. The Hall–Kier alpha value is -2.99. The van der Waals surface area contributed by atoms with Gasteiger partial charge in [0.15, 0.2) is 0 Å². The molecule has 1 saturated heterocycles. The van der Waals surface area contributed by atoms with Crippen LogP contribution in [0.4, 0.5) is 36.8 Å². The third kappa shape index (κ3) is 4.54. The van der Waals surface area contributed by atoms with Gasteiger partial charge in [-0.25, -0.2) is 9.69 Å². The number of amides is 3. The maximum atomic E-state index is 13.9. The number of halogens is 7. The highest BCUT2D eigenvalue weighted by atomic mass is 35.5. The molecule has 6 nitrogen and oxygen atoms in total. The molecule has 0 radical (unpaired) electrons. The van der Waals surface area contributed by atoms with Gasteiger partial charge in [0.2, 0.25) is 0 Å². The number of nitrogens with one attached hydrogen (secondary N) is 2. The summed E-state index contributed by atoms with van der Waals surface area (Å²) in [5, 5.41) is 3.74. The highest BCUT2D eigenvalue weighted by Crippen LogP contribution is 2.37. The molecule has 1 aliphatic heterocycles. The van der Waals surface area contributed by atoms with Gasteiger partial charge in [-0.2, -0.15) is 13.2 Å². The zero-order valence-electron chi connectivity index (χ0n) is 15.1. The van der Waals surface area contributed by atoms with Crippen LogP contribution in [0.5, 0.6) is 5.75 Å². The normalized spacial score (nSPS) is 19.5. The molecule has 1 atom stereocenters. The molecule has 3 amide bonds. The SMILES string of the molecule is O=C1N[C@](NCc2ccccc2Cl)(C(F)(F)F)C(=O)N1c1ccc(OC(F)(F)F)cc1. The first-order valence-corrected chi connectivity index (χ1v) is 8.79. The van der Waals surface area contributed by atoms with Crippen molar-refractivity contribution in [2.75, 3.05) is 4.90 Å². The molecule has 0 spiro atoms. The van der Waals surface area contributed by atoms with Gasteiger partial charge in [-0.3, -0.25) is 10.1 Å². The van der Waals surface area contributed by atoms with Gasteiger partial charge in [0.05, 0.1) is 5.69 Å². The van der Waals surface area contributed by atoms with Crippen molar-refractivity contribution in [2.45, 2.75) is 24.7 Å². The van der Waals surface area contributed by atoms with Crippen molar-refractivity contribution in [1.82, 2.24) is 10.6 Å². The van der Waals surface area contributed by atoms with Crippen LogP contribution >= 0.6 is 11.6 Å². The monoisotopic (exact) mass is 467 g/mol. The topological polar surface area (TPSA) is 70.7 Å². The fraction of sp³-hybridized carbons (Fsp3) is 0.222. The van der Waals surface area contributed by atoms with Crippen LogP contribution in [0, 0.1) is 0 Å². The Morgan fingerprint density at radius 1 is 1.00 bits per heavy atom. The van der Waals surface area contributed by atoms with E-state index < -0.39 is 42.4 Å². The quantitative estimate of drug-likeness (QED) is 0.507. The van der Waals surface area contributed by atoms with Gasteiger partial charge in [0.1, 0.15) is 5.75 Å². The molecule has 0 aliphatic carbocycles. The van der Waals surface area contributed by atoms with Gasteiger partial charge in [0, 0.05) is 11.6 Å². The lowest BCUT2D eigenvalue weighted by Crippen LogP contribution is -2.68. The molecule has 2 N–H and O–H groups in total. The summed E-state index contributed by atoms with van der Waals surface area (Å²) in [5.41, 5.74) is -3.62. The Bertz CT molecular complexity index is 996. The smallest absolute Gasteiger partial charge is 0.406 e. The average molecular weight is 468 g/mol. The van der Waals surface area contributed by atoms with Gasteiger partial charge in [0.25, 0.3) is 11.6 Å². The summed E-state index contributed by atoms with van der Waals surface area (Å²) < 4.78 is 82.1. The van der Waals surface area contributed by atoms with Crippen LogP contribution in [-0.2, 0) is 11.3 Å². The number of rotatable bonds is 5. The van der Waals surface area contributed by atoms with Crippen molar-refractivity contribution in [2.24, 2.45) is 0 Å². The highest BCUT2D eigenvalue weighted by Gasteiger charge is 2.68. The number of carbonyl (C=O) groups is 2. The van der Waals surface area contributed by atoms with E-state index >= 15 is 0 Å². The van der Waals surface area contributed by atoms with Gasteiger partial charge in [-0.05, 0) is 35.9 Å². The zero-order chi connectivity index (χ0) is 23.0. The summed E-state index contributed by atoms with van der Waals surface area (Å²) in [6.07, 6.45) is -10.2. The van der Waals surface area contributed by atoms with E-state index in [1.54, 1.807) is 11.4 Å². The van der Waals surface area contributed by atoms with Crippen LogP contribution < -0.4 is 20.3 Å². The molecular weight excluding hydrogens is 456 g/mol. The third-order valence-corrected chi connectivity index (χ3v) is 4.65. The van der Waals surface area contributed by atoms with E-state index in [1.807, 2.05) is 5.32 Å². The minimum atomic E-state index is -5.25. The van der Waals surface area contributed by atoms with Crippen LogP contribution in [-0.4, -0.2) is 30.1 Å². The lowest BCUT2D eigenvalue weighted by atomic mass is 10.1. The van der Waals surface area contributed by atoms with E-state index in [4.69, 9.17) is 11.6 Å². The largest absolute Gasteiger partial charge is 0.573 e. The second-order valence-electron chi connectivity index (χ2n) is 6.31. The lowest BCUT2D eigenvalue weighted by molar-refractivity contribution is -0.274. The predicted molar refractivity (Wildman–Crippen MR) is 96.2 cm³/mol.